The third kappa shape index (κ3) is 2.35. The summed E-state index contributed by atoms with van der Waals surface area (Å²) in [6.07, 6.45) is 0. The number of rotatable bonds is 3. The first-order valence-corrected chi connectivity index (χ1v) is 3.27. The first-order valence-electron chi connectivity index (χ1n) is 2.47. The lowest BCUT2D eigenvalue weighted by Gasteiger charge is -1.95. The molecule has 0 aromatic carbocycles. The highest BCUT2D eigenvalue weighted by molar-refractivity contribution is 9.12. The van der Waals surface area contributed by atoms with Gasteiger partial charge in [0.15, 0.2) is 5.57 Å². The van der Waals surface area contributed by atoms with Crippen LogP contribution >= 0.6 is 15.9 Å². The lowest BCUT2D eigenvalue weighted by Crippen LogP contribution is -2.15. The minimum atomic E-state index is -1.81. The fourth-order valence-electron chi connectivity index (χ4n) is 0.386. The molecule has 0 atom stereocenters. The van der Waals surface area contributed by atoms with Gasteiger partial charge in [0.2, 0.25) is 0 Å². The summed E-state index contributed by atoms with van der Waals surface area (Å²) in [6.45, 7) is 0. The third-order valence-electron chi connectivity index (χ3n) is 0.835. The van der Waals surface area contributed by atoms with Gasteiger partial charge in [-0.3, -0.25) is 0 Å². The Morgan fingerprint density at radius 3 is 1.25 bits per heavy atom. The van der Waals surface area contributed by atoms with Crippen LogP contribution in [-0.2, 0) is 14.4 Å². The van der Waals surface area contributed by atoms with Gasteiger partial charge in [-0.1, -0.05) is 0 Å². The van der Waals surface area contributed by atoms with Crippen molar-refractivity contribution in [2.24, 2.45) is 0 Å². The molecule has 0 aliphatic heterocycles. The summed E-state index contributed by atoms with van der Waals surface area (Å²) in [5.74, 6) is -5.26. The summed E-state index contributed by atoms with van der Waals surface area (Å²) in [7, 11) is 0. The van der Waals surface area contributed by atoms with Crippen molar-refractivity contribution in [1.82, 2.24) is 0 Å². The van der Waals surface area contributed by atoms with Gasteiger partial charge in [-0.25, -0.2) is 14.4 Å². The van der Waals surface area contributed by atoms with Crippen molar-refractivity contribution in [1.29, 1.82) is 0 Å². The molecule has 0 saturated heterocycles. The van der Waals surface area contributed by atoms with Crippen LogP contribution in [0.25, 0.3) is 0 Å². The number of carbonyl (C=O) groups is 3. The molecule has 0 amide bonds. The van der Waals surface area contributed by atoms with E-state index < -0.39 is 28.0 Å². The predicted molar refractivity (Wildman–Crippen MR) is 38.9 cm³/mol. The lowest BCUT2D eigenvalue weighted by molar-refractivity contribution is -0.141. The molecule has 3 N–H and O–H groups in total. The number of hydrogen-bond donors (Lipinski definition) is 3. The van der Waals surface area contributed by atoms with Crippen LogP contribution in [0.1, 0.15) is 0 Å². The Labute approximate surface area is 74.2 Å². The molecule has 0 saturated carbocycles. The summed E-state index contributed by atoms with van der Waals surface area (Å²) < 4.78 is -0.887. The van der Waals surface area contributed by atoms with Crippen LogP contribution in [0.15, 0.2) is 10.1 Å². The smallest absolute Gasteiger partial charge is 0.344 e. The zero-order chi connectivity index (χ0) is 9.89. The molecule has 0 rings (SSSR count). The summed E-state index contributed by atoms with van der Waals surface area (Å²) in [6, 6.07) is 0. The van der Waals surface area contributed by atoms with Crippen LogP contribution in [0.5, 0.6) is 0 Å². The van der Waals surface area contributed by atoms with Gasteiger partial charge in [-0.05, 0) is 15.9 Å². The molecule has 12 heavy (non-hydrogen) atoms. The zero-order valence-electron chi connectivity index (χ0n) is 5.44. The zero-order valence-corrected chi connectivity index (χ0v) is 7.03. The fourth-order valence-corrected chi connectivity index (χ4v) is 0.725. The largest absolute Gasteiger partial charge is 0.477 e. The molecule has 6 nitrogen and oxygen atoms in total. The van der Waals surface area contributed by atoms with Crippen LogP contribution in [0.4, 0.5) is 0 Å². The molecular formula is C5H3BrO6. The SMILES string of the molecule is O=C(O)C(Br)=C(C(=O)O)C(=O)O. The Hall–Kier alpha value is -1.37. The van der Waals surface area contributed by atoms with Gasteiger partial charge in [0, 0.05) is 0 Å². The average Bonchev–Trinajstić information content (AvgIpc) is 1.85. The monoisotopic (exact) mass is 238 g/mol. The molecule has 0 spiro atoms. The number of hydrogen-bond acceptors (Lipinski definition) is 3. The van der Waals surface area contributed by atoms with E-state index in [0.29, 0.717) is 0 Å². The van der Waals surface area contributed by atoms with E-state index in [1.807, 2.05) is 0 Å². The second-order valence-electron chi connectivity index (χ2n) is 1.60. The number of aliphatic carboxylic acids is 3. The van der Waals surface area contributed by atoms with E-state index in [0.717, 1.165) is 0 Å². The molecular weight excluding hydrogens is 236 g/mol. The third-order valence-corrected chi connectivity index (χ3v) is 1.57. The minimum Gasteiger partial charge on any atom is -0.477 e. The van der Waals surface area contributed by atoms with Gasteiger partial charge in [-0.2, -0.15) is 0 Å². The van der Waals surface area contributed by atoms with Crippen LogP contribution < -0.4 is 0 Å². The molecule has 0 aromatic rings. The molecule has 66 valence electrons. The van der Waals surface area contributed by atoms with Gasteiger partial charge in [0.05, 0.1) is 0 Å². The van der Waals surface area contributed by atoms with Crippen molar-refractivity contribution < 1.29 is 29.7 Å². The molecule has 0 unspecified atom stereocenters. The van der Waals surface area contributed by atoms with E-state index in [-0.39, 0.29) is 0 Å². The fraction of sp³-hybridized carbons (Fsp3) is 0. The van der Waals surface area contributed by atoms with Gasteiger partial charge < -0.3 is 15.3 Å². The Kier molecular flexibility index (Phi) is 3.42. The Balaban J connectivity index is 5.23. The van der Waals surface area contributed by atoms with Crippen LogP contribution in [0.3, 0.4) is 0 Å². The first-order chi connectivity index (χ1) is 5.37. The van der Waals surface area contributed by atoms with E-state index in [2.05, 4.69) is 15.9 Å². The van der Waals surface area contributed by atoms with E-state index in [9.17, 15) is 14.4 Å². The predicted octanol–water partition coefficient (Wildman–Crippen LogP) is -0.111. The highest BCUT2D eigenvalue weighted by Crippen LogP contribution is 2.12. The standard InChI is InChI=1S/C5H3BrO6/c6-2(5(11)12)1(3(7)8)4(9)10/h(H,7,8)(H,9,10)(H,11,12). The average molecular weight is 239 g/mol. The molecule has 0 heterocycles. The van der Waals surface area contributed by atoms with Crippen LogP contribution in [0, 0.1) is 0 Å². The Morgan fingerprint density at radius 1 is 0.833 bits per heavy atom. The molecule has 0 aliphatic rings. The first kappa shape index (κ1) is 10.6. The Morgan fingerprint density at radius 2 is 1.17 bits per heavy atom. The molecule has 0 fully saturated rings. The van der Waals surface area contributed by atoms with Crippen molar-refractivity contribution in [3.63, 3.8) is 0 Å². The summed E-state index contributed by atoms with van der Waals surface area (Å²) in [5.41, 5.74) is -1.21. The highest BCUT2D eigenvalue weighted by Gasteiger charge is 2.24. The van der Waals surface area contributed by atoms with Crippen LogP contribution in [-0.4, -0.2) is 33.2 Å². The maximum absolute atomic E-state index is 10.2. The topological polar surface area (TPSA) is 112 Å². The van der Waals surface area contributed by atoms with Gasteiger partial charge >= 0.3 is 17.9 Å². The number of carboxylic acid groups (broad SMARTS) is 3. The normalized spacial score (nSPS) is 8.75. The summed E-state index contributed by atoms with van der Waals surface area (Å²) in [5, 5.41) is 24.7. The Bertz CT molecular complexity index is 262. The van der Waals surface area contributed by atoms with E-state index in [1.54, 1.807) is 0 Å². The van der Waals surface area contributed by atoms with Crippen molar-refractivity contribution in [2.75, 3.05) is 0 Å². The van der Waals surface area contributed by atoms with Crippen molar-refractivity contribution in [3.8, 4) is 0 Å². The molecule has 0 bridgehead atoms. The highest BCUT2D eigenvalue weighted by atomic mass is 79.9. The molecule has 0 aliphatic carbocycles. The van der Waals surface area contributed by atoms with E-state index in [4.69, 9.17) is 15.3 Å². The molecule has 7 heteroatoms. The number of carboxylic acids is 3. The maximum Gasteiger partial charge on any atom is 0.344 e. The number of halogens is 1. The van der Waals surface area contributed by atoms with Gasteiger partial charge in [0.1, 0.15) is 4.48 Å². The van der Waals surface area contributed by atoms with Crippen LogP contribution in [0.2, 0.25) is 0 Å². The van der Waals surface area contributed by atoms with Crippen molar-refractivity contribution in [3.05, 3.63) is 10.1 Å². The molecule has 0 aromatic heterocycles. The second kappa shape index (κ2) is 3.86. The summed E-state index contributed by atoms with van der Waals surface area (Å²) >= 11 is 2.33. The van der Waals surface area contributed by atoms with Gasteiger partial charge in [-0.15, -0.1) is 0 Å². The van der Waals surface area contributed by atoms with E-state index >= 15 is 0 Å². The second-order valence-corrected chi connectivity index (χ2v) is 2.40. The quantitative estimate of drug-likeness (QED) is 0.360. The van der Waals surface area contributed by atoms with Crippen molar-refractivity contribution >= 4 is 33.8 Å². The minimum absolute atomic E-state index is 0.887. The molecule has 0 radical (unpaired) electrons. The van der Waals surface area contributed by atoms with E-state index in [1.165, 1.54) is 0 Å². The lowest BCUT2D eigenvalue weighted by atomic mass is 10.2. The maximum atomic E-state index is 10.2. The van der Waals surface area contributed by atoms with Crippen molar-refractivity contribution in [2.45, 2.75) is 0 Å². The summed E-state index contributed by atoms with van der Waals surface area (Å²) in [4.78, 5) is 30.4. The van der Waals surface area contributed by atoms with Gasteiger partial charge in [0.25, 0.3) is 0 Å².